The first-order valence-electron chi connectivity index (χ1n) is 11.5. The van der Waals surface area contributed by atoms with Gasteiger partial charge in [0.2, 0.25) is 10.0 Å². The Balaban J connectivity index is 1.88. The van der Waals surface area contributed by atoms with Crippen LogP contribution < -0.4 is 4.72 Å². The minimum absolute atomic E-state index is 0.115. The van der Waals surface area contributed by atoms with E-state index in [0.29, 0.717) is 17.0 Å². The van der Waals surface area contributed by atoms with Crippen molar-refractivity contribution in [3.63, 3.8) is 0 Å². The Labute approximate surface area is 217 Å². The van der Waals surface area contributed by atoms with Crippen molar-refractivity contribution >= 4 is 27.4 Å². The highest BCUT2D eigenvalue weighted by atomic mass is 35.5. The first kappa shape index (κ1) is 25.8. The highest BCUT2D eigenvalue weighted by molar-refractivity contribution is 7.89. The summed E-state index contributed by atoms with van der Waals surface area (Å²) in [5.74, 6) is 0.313. The maximum Gasteiger partial charge on any atom is 0.241 e. The van der Waals surface area contributed by atoms with E-state index in [4.69, 9.17) is 11.6 Å². The Morgan fingerprint density at radius 3 is 2.08 bits per heavy atom. The van der Waals surface area contributed by atoms with Crippen molar-refractivity contribution in [1.82, 2.24) is 14.3 Å². The molecule has 0 aliphatic rings. The fourth-order valence-corrected chi connectivity index (χ4v) is 6.12. The quantitative estimate of drug-likeness (QED) is 0.294. The van der Waals surface area contributed by atoms with E-state index in [9.17, 15) is 13.2 Å². The van der Waals surface area contributed by atoms with Gasteiger partial charge >= 0.3 is 0 Å². The summed E-state index contributed by atoms with van der Waals surface area (Å²) in [6.45, 7) is 7.06. The second kappa shape index (κ2) is 10.0. The van der Waals surface area contributed by atoms with E-state index in [1.54, 1.807) is 37.5 Å². The molecule has 0 atom stereocenters. The van der Waals surface area contributed by atoms with Crippen molar-refractivity contribution in [2.24, 2.45) is 0 Å². The molecule has 4 aromatic rings. The van der Waals surface area contributed by atoms with E-state index in [0.717, 1.165) is 11.1 Å². The number of benzene rings is 3. The number of nitrogens with one attached hydrogen (secondary N) is 1. The van der Waals surface area contributed by atoms with Crippen molar-refractivity contribution in [2.45, 2.75) is 44.7 Å². The molecular weight excluding hydrogens is 494 g/mol. The van der Waals surface area contributed by atoms with Crippen LogP contribution in [0, 0.1) is 0 Å². The molecule has 1 heterocycles. The van der Waals surface area contributed by atoms with Crippen molar-refractivity contribution in [2.75, 3.05) is 0 Å². The van der Waals surface area contributed by atoms with Crippen molar-refractivity contribution < 1.29 is 13.2 Å². The van der Waals surface area contributed by atoms with Crippen LogP contribution in [0.2, 0.25) is 5.15 Å². The van der Waals surface area contributed by atoms with Gasteiger partial charge in [-0.2, -0.15) is 0 Å². The third-order valence-corrected chi connectivity index (χ3v) is 7.55. The molecule has 0 aliphatic carbocycles. The van der Waals surface area contributed by atoms with Gasteiger partial charge < -0.3 is 4.57 Å². The summed E-state index contributed by atoms with van der Waals surface area (Å²) in [6.07, 6.45) is 0. The maximum absolute atomic E-state index is 13.5. The lowest BCUT2D eigenvalue weighted by molar-refractivity contribution is 0.100. The lowest BCUT2D eigenvalue weighted by atomic mass is 10.0. The molecule has 8 heteroatoms. The zero-order valence-corrected chi connectivity index (χ0v) is 22.2. The van der Waals surface area contributed by atoms with Gasteiger partial charge in [0, 0.05) is 30.1 Å². The molecule has 186 valence electrons. The topological polar surface area (TPSA) is 81.1 Å². The molecular formula is C28H28ClN3O3S. The highest BCUT2D eigenvalue weighted by Gasteiger charge is 2.26. The molecule has 0 spiro atoms. The number of rotatable bonds is 7. The summed E-state index contributed by atoms with van der Waals surface area (Å²) in [5, 5.41) is 0.115. The fraction of sp³-hybridized carbons (Fsp3) is 0.214. The SMILES string of the molecule is CC(=O)c1c(Cl)nc(-c2ccccc2)n1Cc1ccc(-c2ccccc2)c(S(=O)(=O)NC(C)(C)C)c1. The number of imidazole rings is 1. The van der Waals surface area contributed by atoms with Crippen LogP contribution in [0.15, 0.2) is 83.8 Å². The van der Waals surface area contributed by atoms with Crippen LogP contribution in [0.4, 0.5) is 0 Å². The summed E-state index contributed by atoms with van der Waals surface area (Å²) in [7, 11) is -3.86. The lowest BCUT2D eigenvalue weighted by Crippen LogP contribution is -2.40. The highest BCUT2D eigenvalue weighted by Crippen LogP contribution is 2.31. The molecule has 0 radical (unpaired) electrons. The Hall–Kier alpha value is -3.26. The van der Waals surface area contributed by atoms with Gasteiger partial charge in [0.1, 0.15) is 11.5 Å². The molecule has 0 aliphatic heterocycles. The maximum atomic E-state index is 13.5. The molecule has 0 amide bonds. The van der Waals surface area contributed by atoms with Crippen LogP contribution in [0.25, 0.3) is 22.5 Å². The Morgan fingerprint density at radius 2 is 1.53 bits per heavy atom. The van der Waals surface area contributed by atoms with Gasteiger partial charge in [-0.05, 0) is 38.0 Å². The number of nitrogens with zero attached hydrogens (tertiary/aromatic N) is 2. The fourth-order valence-electron chi connectivity index (χ4n) is 4.10. The Kier molecular flexibility index (Phi) is 7.18. The predicted molar refractivity (Wildman–Crippen MR) is 144 cm³/mol. The minimum Gasteiger partial charge on any atom is -0.316 e. The second-order valence-electron chi connectivity index (χ2n) is 9.64. The van der Waals surface area contributed by atoms with Crippen LogP contribution in [0.5, 0.6) is 0 Å². The largest absolute Gasteiger partial charge is 0.316 e. The molecule has 36 heavy (non-hydrogen) atoms. The molecule has 1 aromatic heterocycles. The van der Waals surface area contributed by atoms with Gasteiger partial charge in [-0.15, -0.1) is 0 Å². The number of halogens is 1. The predicted octanol–water partition coefficient (Wildman–Crippen LogP) is 6.20. The first-order valence-corrected chi connectivity index (χ1v) is 13.4. The van der Waals surface area contributed by atoms with Gasteiger partial charge in [0.05, 0.1) is 4.90 Å². The average Bonchev–Trinajstić information content (AvgIpc) is 3.14. The number of aromatic nitrogens is 2. The Bertz CT molecular complexity index is 1510. The molecule has 0 saturated heterocycles. The van der Waals surface area contributed by atoms with Crippen molar-refractivity contribution in [1.29, 1.82) is 0 Å². The lowest BCUT2D eigenvalue weighted by Gasteiger charge is -2.22. The molecule has 4 rings (SSSR count). The number of sulfonamides is 1. The van der Waals surface area contributed by atoms with Crippen LogP contribution in [-0.4, -0.2) is 29.3 Å². The van der Waals surface area contributed by atoms with Crippen LogP contribution in [0.3, 0.4) is 0 Å². The van der Waals surface area contributed by atoms with Crippen LogP contribution >= 0.6 is 11.6 Å². The second-order valence-corrected chi connectivity index (χ2v) is 11.6. The van der Waals surface area contributed by atoms with Gasteiger partial charge in [-0.1, -0.05) is 84.4 Å². The normalized spacial score (nSPS) is 12.0. The minimum atomic E-state index is -3.86. The van der Waals surface area contributed by atoms with Gasteiger partial charge in [-0.25, -0.2) is 18.1 Å². The average molecular weight is 522 g/mol. The molecule has 3 aromatic carbocycles. The summed E-state index contributed by atoms with van der Waals surface area (Å²) in [6, 6.07) is 24.1. The van der Waals surface area contributed by atoms with Crippen LogP contribution in [-0.2, 0) is 16.6 Å². The molecule has 0 bridgehead atoms. The molecule has 6 nitrogen and oxygen atoms in total. The van der Waals surface area contributed by atoms with E-state index in [1.807, 2.05) is 66.7 Å². The molecule has 0 saturated carbocycles. The standard InChI is InChI=1S/C28H28ClN3O3S/c1-19(33)25-26(29)30-27(22-13-9-6-10-14-22)32(25)18-20-15-16-23(21-11-7-5-8-12-21)24(17-20)36(34,35)31-28(2,3)4/h5-17,31H,18H2,1-4H3. The number of hydrogen-bond acceptors (Lipinski definition) is 4. The van der Waals surface area contributed by atoms with Crippen molar-refractivity contribution in [3.05, 3.63) is 95.3 Å². The summed E-state index contributed by atoms with van der Waals surface area (Å²) in [4.78, 5) is 17.1. The zero-order valence-electron chi connectivity index (χ0n) is 20.6. The van der Waals surface area contributed by atoms with E-state index in [1.165, 1.54) is 6.92 Å². The van der Waals surface area contributed by atoms with E-state index < -0.39 is 15.6 Å². The first-order chi connectivity index (χ1) is 17.0. The number of Topliss-reactive ketones (excluding diaryl/α,β-unsaturated/α-hetero) is 1. The van der Waals surface area contributed by atoms with E-state index >= 15 is 0 Å². The van der Waals surface area contributed by atoms with Crippen LogP contribution in [0.1, 0.15) is 43.7 Å². The van der Waals surface area contributed by atoms with E-state index in [2.05, 4.69) is 9.71 Å². The van der Waals surface area contributed by atoms with E-state index in [-0.39, 0.29) is 28.1 Å². The summed E-state index contributed by atoms with van der Waals surface area (Å²) in [5.41, 5.74) is 2.49. The molecule has 1 N–H and O–H groups in total. The van der Waals surface area contributed by atoms with Crippen molar-refractivity contribution in [3.8, 4) is 22.5 Å². The molecule has 0 fully saturated rings. The number of carbonyl (C=O) groups excluding carboxylic acids is 1. The summed E-state index contributed by atoms with van der Waals surface area (Å²) < 4.78 is 31.5. The monoisotopic (exact) mass is 521 g/mol. The molecule has 0 unspecified atom stereocenters. The number of hydrogen-bond donors (Lipinski definition) is 1. The number of ketones is 1. The smallest absolute Gasteiger partial charge is 0.241 e. The van der Waals surface area contributed by atoms with Gasteiger partial charge in [0.25, 0.3) is 0 Å². The zero-order chi connectivity index (χ0) is 26.1. The third kappa shape index (κ3) is 5.59. The Morgan fingerprint density at radius 1 is 0.944 bits per heavy atom. The van der Waals surface area contributed by atoms with Gasteiger partial charge in [-0.3, -0.25) is 4.79 Å². The van der Waals surface area contributed by atoms with Gasteiger partial charge in [0.15, 0.2) is 10.9 Å². The third-order valence-electron chi connectivity index (χ3n) is 5.49. The number of carbonyl (C=O) groups is 1. The summed E-state index contributed by atoms with van der Waals surface area (Å²) >= 11 is 6.38.